The van der Waals surface area contributed by atoms with Gasteiger partial charge in [0.2, 0.25) is 0 Å². The Bertz CT molecular complexity index is 1160. The lowest BCUT2D eigenvalue weighted by atomic mass is 9.65. The number of benzene rings is 2. The lowest BCUT2D eigenvalue weighted by molar-refractivity contribution is -0.274. The van der Waals surface area contributed by atoms with E-state index in [1.54, 1.807) is 0 Å². The molecule has 0 bridgehead atoms. The van der Waals surface area contributed by atoms with E-state index in [-0.39, 0.29) is 22.9 Å². The van der Waals surface area contributed by atoms with E-state index in [1.807, 2.05) is 29.2 Å². The fourth-order valence-corrected chi connectivity index (χ4v) is 5.98. The van der Waals surface area contributed by atoms with E-state index in [4.69, 9.17) is 0 Å². The number of nitrogens with zero attached hydrogens (tertiary/aromatic N) is 3. The highest BCUT2D eigenvalue weighted by Gasteiger charge is 2.50. The predicted octanol–water partition coefficient (Wildman–Crippen LogP) is 4.15. The third-order valence-corrected chi connectivity index (χ3v) is 8.08. The van der Waals surface area contributed by atoms with Crippen LogP contribution in [-0.4, -0.2) is 79.8 Å². The summed E-state index contributed by atoms with van der Waals surface area (Å²) in [6.45, 7) is 8.56. The molecule has 2 aromatic rings. The monoisotopic (exact) mass is 530 g/mol. The number of hydrogen-bond acceptors (Lipinski definition) is 5. The number of carbonyl (C=O) groups excluding carboxylic acids is 2. The summed E-state index contributed by atoms with van der Waals surface area (Å²) < 4.78 is 42.1. The molecular formula is C28H33F3N4O3. The van der Waals surface area contributed by atoms with Crippen molar-refractivity contribution in [2.45, 2.75) is 38.6 Å². The molecule has 10 heteroatoms. The summed E-state index contributed by atoms with van der Waals surface area (Å²) in [7, 11) is 0. The van der Waals surface area contributed by atoms with Gasteiger partial charge in [-0.25, -0.2) is 0 Å². The molecule has 2 aromatic carbocycles. The van der Waals surface area contributed by atoms with Crippen molar-refractivity contribution in [2.24, 2.45) is 5.41 Å². The summed E-state index contributed by atoms with van der Waals surface area (Å²) in [4.78, 5) is 32.5. The molecule has 2 aliphatic heterocycles. The van der Waals surface area contributed by atoms with Gasteiger partial charge in [0.1, 0.15) is 5.75 Å². The summed E-state index contributed by atoms with van der Waals surface area (Å²) in [5.74, 6) is -1.10. The smallest absolute Gasteiger partial charge is 0.405 e. The summed E-state index contributed by atoms with van der Waals surface area (Å²) in [6, 6.07) is 13.0. The molecule has 7 nitrogen and oxygen atoms in total. The topological polar surface area (TPSA) is 65.1 Å². The Morgan fingerprint density at radius 2 is 1.68 bits per heavy atom. The molecule has 2 heterocycles. The van der Waals surface area contributed by atoms with Crippen LogP contribution in [0.15, 0.2) is 48.5 Å². The number of piperazine rings is 1. The average Bonchev–Trinajstić information content (AvgIpc) is 3.33. The van der Waals surface area contributed by atoms with Crippen LogP contribution < -0.4 is 15.0 Å². The number of carbonyl (C=O) groups is 2. The molecule has 2 saturated heterocycles. The van der Waals surface area contributed by atoms with Crippen LogP contribution in [0.25, 0.3) is 0 Å². The summed E-state index contributed by atoms with van der Waals surface area (Å²) >= 11 is 0. The Labute approximate surface area is 220 Å². The maximum absolute atomic E-state index is 13.2. The zero-order valence-electron chi connectivity index (χ0n) is 21.5. The second-order valence-corrected chi connectivity index (χ2v) is 10.6. The SMILES string of the molecule is CCN1CCN(c2ccc(C(=O)N3CCC4(CC(NC(=O)c5ccccc5OC(F)(F)F)C4)C3)cc2)CC1. The molecule has 1 saturated carbocycles. The fourth-order valence-electron chi connectivity index (χ4n) is 5.98. The first-order valence-electron chi connectivity index (χ1n) is 13.2. The van der Waals surface area contributed by atoms with Crippen molar-refractivity contribution in [2.75, 3.05) is 50.7 Å². The van der Waals surface area contributed by atoms with Crippen molar-refractivity contribution in [3.63, 3.8) is 0 Å². The van der Waals surface area contributed by atoms with Crippen LogP contribution in [0.3, 0.4) is 0 Å². The van der Waals surface area contributed by atoms with Crippen molar-refractivity contribution in [1.82, 2.24) is 15.1 Å². The zero-order chi connectivity index (χ0) is 26.9. The number of alkyl halides is 3. The van der Waals surface area contributed by atoms with Gasteiger partial charge in [-0.1, -0.05) is 19.1 Å². The molecule has 0 radical (unpaired) electrons. The average molecular weight is 531 g/mol. The number of anilines is 1. The van der Waals surface area contributed by atoms with Crippen LogP contribution >= 0.6 is 0 Å². The molecule has 38 heavy (non-hydrogen) atoms. The third kappa shape index (κ3) is 5.75. The molecule has 2 amide bonds. The standard InChI is InChI=1S/C28H33F3N4O3/c1-2-33-13-15-34(16-14-33)22-9-7-20(8-10-22)26(37)35-12-11-27(19-35)17-21(18-27)32-25(36)23-5-3-4-6-24(23)38-28(29,30)31/h3-10,21H,2,11-19H2,1H3,(H,32,36). The van der Waals surface area contributed by atoms with Gasteiger partial charge in [0.15, 0.2) is 0 Å². The van der Waals surface area contributed by atoms with E-state index in [9.17, 15) is 22.8 Å². The normalized spacial score (nSPS) is 23.8. The minimum Gasteiger partial charge on any atom is -0.405 e. The largest absolute Gasteiger partial charge is 0.573 e. The highest BCUT2D eigenvalue weighted by atomic mass is 19.4. The molecule has 1 N–H and O–H groups in total. The van der Waals surface area contributed by atoms with Gasteiger partial charge in [0.25, 0.3) is 11.8 Å². The number of likely N-dealkylation sites (tertiary alicyclic amines) is 1. The zero-order valence-corrected chi connectivity index (χ0v) is 21.5. The van der Waals surface area contributed by atoms with Crippen LogP contribution in [0.2, 0.25) is 0 Å². The second-order valence-electron chi connectivity index (χ2n) is 10.6. The summed E-state index contributed by atoms with van der Waals surface area (Å²) in [6.07, 6.45) is -2.65. The van der Waals surface area contributed by atoms with E-state index in [1.165, 1.54) is 18.2 Å². The van der Waals surface area contributed by atoms with Crippen LogP contribution in [0.5, 0.6) is 5.75 Å². The fraction of sp³-hybridized carbons (Fsp3) is 0.500. The first-order valence-corrected chi connectivity index (χ1v) is 13.2. The first kappa shape index (κ1) is 26.3. The lowest BCUT2D eigenvalue weighted by Crippen LogP contribution is -2.52. The van der Waals surface area contributed by atoms with E-state index < -0.39 is 18.0 Å². The summed E-state index contributed by atoms with van der Waals surface area (Å²) in [5, 5.41) is 2.83. The van der Waals surface area contributed by atoms with Gasteiger partial charge < -0.3 is 24.8 Å². The molecule has 0 atom stereocenters. The maximum atomic E-state index is 13.2. The van der Waals surface area contributed by atoms with Gasteiger partial charge in [-0.2, -0.15) is 0 Å². The van der Waals surface area contributed by atoms with Gasteiger partial charge in [0.05, 0.1) is 5.56 Å². The van der Waals surface area contributed by atoms with Crippen molar-refractivity contribution < 1.29 is 27.5 Å². The number of nitrogens with one attached hydrogen (secondary N) is 1. The van der Waals surface area contributed by atoms with Gasteiger partial charge in [0, 0.05) is 56.6 Å². The van der Waals surface area contributed by atoms with Crippen molar-refractivity contribution in [3.05, 3.63) is 59.7 Å². The Morgan fingerprint density at radius 1 is 1.00 bits per heavy atom. The number of ether oxygens (including phenoxy) is 1. The number of amides is 2. The summed E-state index contributed by atoms with van der Waals surface area (Å²) in [5.41, 5.74) is 1.59. The van der Waals surface area contributed by atoms with Gasteiger partial charge in [-0.05, 0) is 67.6 Å². The Hall–Kier alpha value is -3.27. The Balaban J connectivity index is 1.12. The molecule has 0 unspecified atom stereocenters. The van der Waals surface area contributed by atoms with Crippen LogP contribution in [0.4, 0.5) is 18.9 Å². The second kappa shape index (κ2) is 10.5. The number of para-hydroxylation sites is 1. The van der Waals surface area contributed by atoms with E-state index >= 15 is 0 Å². The minimum absolute atomic E-state index is 0.00920. The molecule has 204 valence electrons. The number of likely N-dealkylation sites (N-methyl/N-ethyl adjacent to an activating group) is 1. The van der Waals surface area contributed by atoms with Crippen LogP contribution in [-0.2, 0) is 0 Å². The highest BCUT2D eigenvalue weighted by Crippen LogP contribution is 2.48. The van der Waals surface area contributed by atoms with Crippen LogP contribution in [0, 0.1) is 5.41 Å². The molecule has 3 aliphatic rings. The number of halogens is 3. The Morgan fingerprint density at radius 3 is 2.34 bits per heavy atom. The molecule has 0 aromatic heterocycles. The maximum Gasteiger partial charge on any atom is 0.573 e. The molecule has 1 spiro atoms. The highest BCUT2D eigenvalue weighted by molar-refractivity contribution is 5.97. The third-order valence-electron chi connectivity index (χ3n) is 8.08. The van der Waals surface area contributed by atoms with Crippen molar-refractivity contribution in [1.29, 1.82) is 0 Å². The lowest BCUT2D eigenvalue weighted by Gasteiger charge is -2.45. The van der Waals surface area contributed by atoms with E-state index in [0.29, 0.717) is 31.5 Å². The Kier molecular flexibility index (Phi) is 7.26. The molecular weight excluding hydrogens is 497 g/mol. The first-order chi connectivity index (χ1) is 18.1. The van der Waals surface area contributed by atoms with E-state index in [2.05, 4.69) is 26.8 Å². The molecule has 1 aliphatic carbocycles. The quantitative estimate of drug-likeness (QED) is 0.608. The minimum atomic E-state index is -4.87. The van der Waals surface area contributed by atoms with Crippen molar-refractivity contribution in [3.8, 4) is 5.75 Å². The van der Waals surface area contributed by atoms with Gasteiger partial charge >= 0.3 is 6.36 Å². The molecule has 3 fully saturated rings. The van der Waals surface area contributed by atoms with Gasteiger partial charge in [-0.3, -0.25) is 9.59 Å². The molecule has 5 rings (SSSR count). The number of rotatable bonds is 6. The predicted molar refractivity (Wildman–Crippen MR) is 137 cm³/mol. The number of hydrogen-bond donors (Lipinski definition) is 1. The van der Waals surface area contributed by atoms with Gasteiger partial charge in [-0.15, -0.1) is 13.2 Å². The van der Waals surface area contributed by atoms with Crippen LogP contribution in [0.1, 0.15) is 46.9 Å². The van der Waals surface area contributed by atoms with Crippen molar-refractivity contribution >= 4 is 17.5 Å². The van der Waals surface area contributed by atoms with E-state index in [0.717, 1.165) is 50.9 Å².